The van der Waals surface area contributed by atoms with E-state index in [1.165, 1.54) is 0 Å². The maximum Gasteiger partial charge on any atom is 0.121 e. The molecule has 0 aliphatic heterocycles. The maximum absolute atomic E-state index is 10.5. The van der Waals surface area contributed by atoms with Crippen molar-refractivity contribution in [2.24, 2.45) is 5.92 Å². The molecule has 20 heavy (non-hydrogen) atoms. The molecule has 0 spiro atoms. The summed E-state index contributed by atoms with van der Waals surface area (Å²) in [5.74, 6) is 1.54. The number of hydrogen-bond acceptors (Lipinski definition) is 3. The average Bonchev–Trinajstić information content (AvgIpc) is 2.42. The molecule has 0 saturated heterocycles. The molecule has 0 aliphatic rings. The molecular weight excluding hydrogens is 250 g/mol. The van der Waals surface area contributed by atoms with Crippen LogP contribution in [0.3, 0.4) is 0 Å². The summed E-state index contributed by atoms with van der Waals surface area (Å²) in [5, 5.41) is 14.0. The second-order valence-corrected chi connectivity index (χ2v) is 5.83. The summed E-state index contributed by atoms with van der Waals surface area (Å²) in [5.41, 5.74) is 2.01. The van der Waals surface area contributed by atoms with E-state index in [-0.39, 0.29) is 6.04 Å². The van der Waals surface area contributed by atoms with Gasteiger partial charge in [-0.3, -0.25) is 0 Å². The smallest absolute Gasteiger partial charge is 0.121 e. The Morgan fingerprint density at radius 1 is 1.30 bits per heavy atom. The number of hydrogen-bond donors (Lipinski definition) is 2. The first-order chi connectivity index (χ1) is 9.49. The van der Waals surface area contributed by atoms with Gasteiger partial charge in [0.15, 0.2) is 0 Å². The van der Waals surface area contributed by atoms with Crippen LogP contribution < -0.4 is 10.1 Å². The lowest BCUT2D eigenvalue weighted by Gasteiger charge is -2.24. The molecule has 1 aromatic carbocycles. The Morgan fingerprint density at radius 3 is 2.50 bits per heavy atom. The minimum atomic E-state index is -0.475. The molecule has 0 heterocycles. The van der Waals surface area contributed by atoms with Gasteiger partial charge in [-0.2, -0.15) is 0 Å². The van der Waals surface area contributed by atoms with E-state index in [2.05, 4.69) is 26.1 Å². The molecule has 1 aromatic rings. The molecule has 0 aliphatic carbocycles. The largest absolute Gasteiger partial charge is 0.496 e. The number of methoxy groups -OCH3 is 1. The highest BCUT2D eigenvalue weighted by molar-refractivity contribution is 5.37. The molecule has 0 radical (unpaired) electrons. The zero-order chi connectivity index (χ0) is 15.1. The summed E-state index contributed by atoms with van der Waals surface area (Å²) in [6, 6.07) is 5.98. The Morgan fingerprint density at radius 2 is 2.00 bits per heavy atom. The van der Waals surface area contributed by atoms with Gasteiger partial charge >= 0.3 is 0 Å². The zero-order valence-electron chi connectivity index (χ0n) is 13.4. The molecule has 2 unspecified atom stereocenters. The Labute approximate surface area is 123 Å². The highest BCUT2D eigenvalue weighted by Crippen LogP contribution is 2.25. The SMILES string of the molecule is CCC(NCCC(C)C)C(O)c1ccc(OC)c(C)c1. The molecule has 0 amide bonds. The third kappa shape index (κ3) is 4.80. The molecule has 0 fully saturated rings. The molecule has 114 valence electrons. The van der Waals surface area contributed by atoms with Gasteiger partial charge in [0.2, 0.25) is 0 Å². The number of aryl methyl sites for hydroxylation is 1. The molecule has 3 nitrogen and oxygen atoms in total. The Kier molecular flexibility index (Phi) is 7.03. The van der Waals surface area contributed by atoms with Crippen molar-refractivity contribution >= 4 is 0 Å². The van der Waals surface area contributed by atoms with E-state index in [1.54, 1.807) is 7.11 Å². The van der Waals surface area contributed by atoms with Gasteiger partial charge in [0.05, 0.1) is 13.2 Å². The fourth-order valence-electron chi connectivity index (χ4n) is 2.35. The van der Waals surface area contributed by atoms with E-state index in [9.17, 15) is 5.11 Å². The van der Waals surface area contributed by atoms with Crippen LogP contribution in [0, 0.1) is 12.8 Å². The predicted octanol–water partition coefficient (Wildman–Crippen LogP) is 3.45. The van der Waals surface area contributed by atoms with Gasteiger partial charge in [0, 0.05) is 6.04 Å². The Balaban J connectivity index is 2.70. The quantitative estimate of drug-likeness (QED) is 0.766. The van der Waals surface area contributed by atoms with Gasteiger partial charge in [0.25, 0.3) is 0 Å². The second kappa shape index (κ2) is 8.28. The van der Waals surface area contributed by atoms with Gasteiger partial charge in [-0.05, 0) is 55.5 Å². The molecule has 2 N–H and O–H groups in total. The lowest BCUT2D eigenvalue weighted by atomic mass is 9.98. The Bertz CT molecular complexity index is 404. The van der Waals surface area contributed by atoms with Crippen molar-refractivity contribution < 1.29 is 9.84 Å². The van der Waals surface area contributed by atoms with Crippen LogP contribution in [-0.2, 0) is 0 Å². The van der Waals surface area contributed by atoms with Crippen molar-refractivity contribution in [3.05, 3.63) is 29.3 Å². The number of benzene rings is 1. The number of aliphatic hydroxyl groups is 1. The minimum absolute atomic E-state index is 0.0987. The van der Waals surface area contributed by atoms with Gasteiger partial charge in [-0.15, -0.1) is 0 Å². The number of rotatable bonds is 8. The summed E-state index contributed by atoms with van der Waals surface area (Å²) in [7, 11) is 1.67. The molecule has 0 saturated carbocycles. The number of ether oxygens (including phenoxy) is 1. The first kappa shape index (κ1) is 17.0. The standard InChI is InChI=1S/C17H29NO2/c1-6-15(18-10-9-12(2)3)17(19)14-7-8-16(20-5)13(4)11-14/h7-8,11-12,15,17-19H,6,9-10H2,1-5H3. The predicted molar refractivity (Wildman–Crippen MR) is 84.2 cm³/mol. The van der Waals surface area contributed by atoms with Crippen molar-refractivity contribution in [3.63, 3.8) is 0 Å². The van der Waals surface area contributed by atoms with Crippen LogP contribution >= 0.6 is 0 Å². The summed E-state index contributed by atoms with van der Waals surface area (Å²) >= 11 is 0. The van der Waals surface area contributed by atoms with Crippen LogP contribution in [0.15, 0.2) is 18.2 Å². The molecule has 1 rings (SSSR count). The fraction of sp³-hybridized carbons (Fsp3) is 0.647. The lowest BCUT2D eigenvalue weighted by Crippen LogP contribution is -2.35. The van der Waals surface area contributed by atoms with Gasteiger partial charge in [-0.1, -0.05) is 26.8 Å². The lowest BCUT2D eigenvalue weighted by molar-refractivity contribution is 0.125. The highest BCUT2D eigenvalue weighted by atomic mass is 16.5. The topological polar surface area (TPSA) is 41.5 Å². The molecule has 0 bridgehead atoms. The van der Waals surface area contributed by atoms with E-state index in [1.807, 2.05) is 25.1 Å². The number of aliphatic hydroxyl groups excluding tert-OH is 1. The van der Waals surface area contributed by atoms with Crippen LogP contribution in [0.2, 0.25) is 0 Å². The fourth-order valence-corrected chi connectivity index (χ4v) is 2.35. The van der Waals surface area contributed by atoms with E-state index in [0.29, 0.717) is 5.92 Å². The molecule has 3 heteroatoms. The summed E-state index contributed by atoms with van der Waals surface area (Å²) in [4.78, 5) is 0. The normalized spacial score (nSPS) is 14.3. The van der Waals surface area contributed by atoms with E-state index in [0.717, 1.165) is 36.3 Å². The van der Waals surface area contributed by atoms with Crippen LogP contribution in [0.1, 0.15) is 50.8 Å². The Hall–Kier alpha value is -1.06. The van der Waals surface area contributed by atoms with Gasteiger partial charge in [-0.25, -0.2) is 0 Å². The van der Waals surface area contributed by atoms with Gasteiger partial charge in [0.1, 0.15) is 5.75 Å². The van der Waals surface area contributed by atoms with E-state index < -0.39 is 6.10 Å². The third-order valence-corrected chi connectivity index (χ3v) is 3.71. The highest BCUT2D eigenvalue weighted by Gasteiger charge is 2.19. The van der Waals surface area contributed by atoms with Crippen molar-refractivity contribution in [2.75, 3.05) is 13.7 Å². The van der Waals surface area contributed by atoms with Gasteiger partial charge < -0.3 is 15.2 Å². The number of nitrogens with one attached hydrogen (secondary N) is 1. The second-order valence-electron chi connectivity index (χ2n) is 5.83. The minimum Gasteiger partial charge on any atom is -0.496 e. The maximum atomic E-state index is 10.5. The first-order valence-corrected chi connectivity index (χ1v) is 7.55. The molecule has 0 aromatic heterocycles. The summed E-state index contributed by atoms with van der Waals surface area (Å²) in [6.07, 6.45) is 1.56. The zero-order valence-corrected chi connectivity index (χ0v) is 13.4. The van der Waals surface area contributed by atoms with Crippen LogP contribution in [-0.4, -0.2) is 24.8 Å². The monoisotopic (exact) mass is 279 g/mol. The third-order valence-electron chi connectivity index (χ3n) is 3.71. The van der Waals surface area contributed by atoms with E-state index >= 15 is 0 Å². The molecular formula is C17H29NO2. The summed E-state index contributed by atoms with van der Waals surface area (Å²) in [6.45, 7) is 9.48. The van der Waals surface area contributed by atoms with Crippen molar-refractivity contribution in [2.45, 2.75) is 52.7 Å². The van der Waals surface area contributed by atoms with Crippen molar-refractivity contribution in [3.8, 4) is 5.75 Å². The van der Waals surface area contributed by atoms with Crippen LogP contribution in [0.25, 0.3) is 0 Å². The van der Waals surface area contributed by atoms with Crippen LogP contribution in [0.5, 0.6) is 5.75 Å². The van der Waals surface area contributed by atoms with Crippen molar-refractivity contribution in [1.82, 2.24) is 5.32 Å². The summed E-state index contributed by atoms with van der Waals surface area (Å²) < 4.78 is 5.26. The first-order valence-electron chi connectivity index (χ1n) is 7.55. The average molecular weight is 279 g/mol. The molecule has 2 atom stereocenters. The van der Waals surface area contributed by atoms with E-state index in [4.69, 9.17) is 4.74 Å². The van der Waals surface area contributed by atoms with Crippen molar-refractivity contribution in [1.29, 1.82) is 0 Å². The van der Waals surface area contributed by atoms with Crippen LogP contribution in [0.4, 0.5) is 0 Å².